The molecule has 47 heavy (non-hydrogen) atoms. The summed E-state index contributed by atoms with van der Waals surface area (Å²) in [4.78, 5) is 18.9. The molecule has 240 valence electrons. The van der Waals surface area contributed by atoms with Crippen molar-refractivity contribution in [2.24, 2.45) is 0 Å². The van der Waals surface area contributed by atoms with Gasteiger partial charge in [-0.1, -0.05) is 90.1 Å². The second kappa shape index (κ2) is 14.7. The summed E-state index contributed by atoms with van der Waals surface area (Å²) in [5, 5.41) is 12.4. The van der Waals surface area contributed by atoms with Crippen molar-refractivity contribution in [1.82, 2.24) is 14.8 Å². The van der Waals surface area contributed by atoms with E-state index in [2.05, 4.69) is 22.8 Å². The molecule has 5 aromatic rings. The maximum atomic E-state index is 14.1. The monoisotopic (exact) mass is 667 g/mol. The van der Waals surface area contributed by atoms with Gasteiger partial charge >= 0.3 is 0 Å². The Balaban J connectivity index is 1.33. The number of amides is 1. The van der Waals surface area contributed by atoms with E-state index in [4.69, 9.17) is 35.9 Å². The molecule has 1 amide bonds. The topological polar surface area (TPSA) is 99.5 Å². The predicted octanol–water partition coefficient (Wildman–Crippen LogP) is 7.79. The molecule has 2 heterocycles. The molecule has 0 radical (unpaired) electrons. The fraction of sp³-hybridized carbons (Fsp3) is 0.194. The van der Waals surface area contributed by atoms with Crippen LogP contribution in [0.3, 0.4) is 0 Å². The molecule has 1 aliphatic rings. The molecule has 0 aliphatic carbocycles. The largest absolute Gasteiger partial charge is 0.495 e. The van der Waals surface area contributed by atoms with Crippen molar-refractivity contribution in [2.75, 3.05) is 31.5 Å². The summed E-state index contributed by atoms with van der Waals surface area (Å²) in [5.41, 5.74) is 4.61. The van der Waals surface area contributed by atoms with Crippen LogP contribution in [-0.4, -0.2) is 41.5 Å². The Morgan fingerprint density at radius 3 is 2.47 bits per heavy atom. The standard InChI is InChI=1S/C36H34ClN5O4S/c1-23-32(34(43)39-28-15-9-10-16-29(28)44-2)33(42-35(38-23)40-36(41-42)47-22-26-13-7-8-14-27(26)37)25-17-18-30(31(21-25)45-3)46-20-19-24-11-5-4-6-12-24/h4-18,21,33H,19-20,22H2,1-3H3,(H,39,43)(H,38,40,41). The molecular weight excluding hydrogens is 634 g/mol. The minimum Gasteiger partial charge on any atom is -0.495 e. The number of halogens is 1. The Hall–Kier alpha value is -4.93. The minimum absolute atomic E-state index is 0.307. The number of thioether (sulfide) groups is 1. The zero-order valence-corrected chi connectivity index (χ0v) is 27.8. The van der Waals surface area contributed by atoms with E-state index in [1.165, 1.54) is 17.3 Å². The van der Waals surface area contributed by atoms with Gasteiger partial charge in [-0.05, 0) is 53.9 Å². The van der Waals surface area contributed by atoms with Crippen LogP contribution in [0.15, 0.2) is 113 Å². The average Bonchev–Trinajstić information content (AvgIpc) is 3.50. The van der Waals surface area contributed by atoms with E-state index in [0.29, 0.717) is 62.7 Å². The van der Waals surface area contributed by atoms with E-state index in [-0.39, 0.29) is 5.91 Å². The van der Waals surface area contributed by atoms with Crippen molar-refractivity contribution in [2.45, 2.75) is 30.3 Å². The van der Waals surface area contributed by atoms with Gasteiger partial charge in [0, 0.05) is 22.9 Å². The molecule has 4 aromatic carbocycles. The number of ether oxygens (including phenoxy) is 3. The van der Waals surface area contributed by atoms with Crippen molar-refractivity contribution >= 4 is 40.9 Å². The number of aromatic nitrogens is 3. The number of carbonyl (C=O) groups excluding carboxylic acids is 1. The normalized spacial score (nSPS) is 13.8. The maximum absolute atomic E-state index is 14.1. The molecule has 1 unspecified atom stereocenters. The van der Waals surface area contributed by atoms with Crippen molar-refractivity contribution < 1.29 is 19.0 Å². The van der Waals surface area contributed by atoms with Crippen LogP contribution in [-0.2, 0) is 17.0 Å². The smallest absolute Gasteiger partial charge is 0.255 e. The van der Waals surface area contributed by atoms with Gasteiger partial charge in [-0.15, -0.1) is 5.10 Å². The van der Waals surface area contributed by atoms with Crippen LogP contribution in [0.2, 0.25) is 5.02 Å². The molecule has 11 heteroatoms. The van der Waals surface area contributed by atoms with Gasteiger partial charge in [0.2, 0.25) is 11.1 Å². The van der Waals surface area contributed by atoms with E-state index in [1.54, 1.807) is 31.0 Å². The number of para-hydroxylation sites is 2. The van der Waals surface area contributed by atoms with Crippen LogP contribution < -0.4 is 24.8 Å². The minimum atomic E-state index is -0.629. The highest BCUT2D eigenvalue weighted by Gasteiger charge is 2.35. The average molecular weight is 668 g/mol. The highest BCUT2D eigenvalue weighted by molar-refractivity contribution is 7.98. The van der Waals surface area contributed by atoms with Crippen molar-refractivity contribution in [3.8, 4) is 17.2 Å². The van der Waals surface area contributed by atoms with Gasteiger partial charge in [-0.3, -0.25) is 4.79 Å². The molecule has 2 N–H and O–H groups in total. The zero-order chi connectivity index (χ0) is 32.8. The van der Waals surface area contributed by atoms with Gasteiger partial charge in [0.15, 0.2) is 11.5 Å². The summed E-state index contributed by atoms with van der Waals surface area (Å²) >= 11 is 7.87. The van der Waals surface area contributed by atoms with E-state index < -0.39 is 6.04 Å². The first kappa shape index (κ1) is 32.0. The highest BCUT2D eigenvalue weighted by Crippen LogP contribution is 2.40. The molecule has 1 aromatic heterocycles. The Morgan fingerprint density at radius 2 is 1.68 bits per heavy atom. The summed E-state index contributed by atoms with van der Waals surface area (Å²) in [7, 11) is 3.17. The number of carbonyl (C=O) groups is 1. The Morgan fingerprint density at radius 1 is 0.936 bits per heavy atom. The fourth-order valence-corrected chi connectivity index (χ4v) is 6.50. The molecule has 1 atom stereocenters. The number of rotatable bonds is 12. The quantitative estimate of drug-likeness (QED) is 0.130. The van der Waals surface area contributed by atoms with Gasteiger partial charge in [0.05, 0.1) is 32.1 Å². The highest BCUT2D eigenvalue weighted by atomic mass is 35.5. The number of fused-ring (bicyclic) bond motifs is 1. The van der Waals surface area contributed by atoms with Crippen LogP contribution in [0.1, 0.15) is 29.7 Å². The lowest BCUT2D eigenvalue weighted by Crippen LogP contribution is -2.31. The van der Waals surface area contributed by atoms with E-state index in [9.17, 15) is 4.79 Å². The molecule has 0 spiro atoms. The predicted molar refractivity (Wildman–Crippen MR) is 186 cm³/mol. The van der Waals surface area contributed by atoms with Crippen LogP contribution >= 0.6 is 23.4 Å². The first-order valence-corrected chi connectivity index (χ1v) is 16.4. The number of anilines is 2. The Bertz CT molecular complexity index is 1910. The summed E-state index contributed by atoms with van der Waals surface area (Å²) in [6.45, 7) is 2.34. The van der Waals surface area contributed by atoms with Gasteiger partial charge in [-0.2, -0.15) is 4.98 Å². The van der Waals surface area contributed by atoms with Crippen LogP contribution in [0.5, 0.6) is 17.2 Å². The lowest BCUT2D eigenvalue weighted by molar-refractivity contribution is -0.113. The van der Waals surface area contributed by atoms with Crippen molar-refractivity contribution in [1.29, 1.82) is 0 Å². The third-order valence-electron chi connectivity index (χ3n) is 7.74. The Labute approximate surface area is 282 Å². The second-order valence-electron chi connectivity index (χ2n) is 10.8. The van der Waals surface area contributed by atoms with E-state index in [1.807, 2.05) is 79.7 Å². The number of hydrogen-bond acceptors (Lipinski definition) is 8. The summed E-state index contributed by atoms with van der Waals surface area (Å²) in [5.74, 6) is 2.51. The molecular formula is C36H34ClN5O4S. The maximum Gasteiger partial charge on any atom is 0.255 e. The van der Waals surface area contributed by atoms with Crippen LogP contribution in [0.25, 0.3) is 0 Å². The number of nitrogens with zero attached hydrogens (tertiary/aromatic N) is 3. The first-order chi connectivity index (χ1) is 22.9. The molecule has 6 rings (SSSR count). The van der Waals surface area contributed by atoms with Crippen LogP contribution in [0, 0.1) is 0 Å². The second-order valence-corrected chi connectivity index (χ2v) is 12.1. The lowest BCUT2D eigenvalue weighted by atomic mass is 9.94. The number of allylic oxidation sites excluding steroid dienone is 1. The van der Waals surface area contributed by atoms with Gasteiger partial charge in [0.1, 0.15) is 11.8 Å². The molecule has 0 saturated carbocycles. The SMILES string of the molecule is COc1ccccc1NC(=O)C1=C(C)Nc2nc(SCc3ccccc3Cl)nn2C1c1ccc(OCCc2ccccc2)c(OC)c1. The number of benzene rings is 4. The van der Waals surface area contributed by atoms with Crippen molar-refractivity contribution in [3.05, 3.63) is 130 Å². The van der Waals surface area contributed by atoms with Gasteiger partial charge < -0.3 is 24.8 Å². The van der Waals surface area contributed by atoms with Crippen molar-refractivity contribution in [3.63, 3.8) is 0 Å². The fourth-order valence-electron chi connectivity index (χ4n) is 5.39. The van der Waals surface area contributed by atoms with Gasteiger partial charge in [0.25, 0.3) is 5.91 Å². The molecule has 9 nitrogen and oxygen atoms in total. The summed E-state index contributed by atoms with van der Waals surface area (Å²) in [6.07, 6.45) is 0.756. The third-order valence-corrected chi connectivity index (χ3v) is 9.00. The number of nitrogens with one attached hydrogen (secondary N) is 2. The molecule has 0 bridgehead atoms. The number of hydrogen-bond donors (Lipinski definition) is 2. The van der Waals surface area contributed by atoms with Gasteiger partial charge in [-0.25, -0.2) is 4.68 Å². The van der Waals surface area contributed by atoms with Crippen LogP contribution in [0.4, 0.5) is 11.6 Å². The number of methoxy groups -OCH3 is 2. The summed E-state index contributed by atoms with van der Waals surface area (Å²) in [6, 6.07) is 30.2. The molecule has 1 aliphatic heterocycles. The third kappa shape index (κ3) is 7.24. The van der Waals surface area contributed by atoms with E-state index in [0.717, 1.165) is 17.5 Å². The molecule has 0 saturated heterocycles. The van der Waals surface area contributed by atoms with E-state index >= 15 is 0 Å². The lowest BCUT2D eigenvalue weighted by Gasteiger charge is -2.29. The first-order valence-electron chi connectivity index (χ1n) is 15.0. The zero-order valence-electron chi connectivity index (χ0n) is 26.2. The Kier molecular flexibility index (Phi) is 9.99. The summed E-state index contributed by atoms with van der Waals surface area (Å²) < 4.78 is 19.2. The molecule has 0 fully saturated rings.